The van der Waals surface area contributed by atoms with Crippen molar-refractivity contribution < 1.29 is 23.3 Å². The Balaban J connectivity index is 1.25. The minimum Gasteiger partial charge on any atom is -0.490 e. The smallest absolute Gasteiger partial charge is 0.286 e. The van der Waals surface area contributed by atoms with E-state index >= 15 is 0 Å². The van der Waals surface area contributed by atoms with E-state index in [1.165, 1.54) is 22.0 Å². The number of rotatable bonds is 5. The summed E-state index contributed by atoms with van der Waals surface area (Å²) in [6.07, 6.45) is 13.6. The Bertz CT molecular complexity index is 1860. The van der Waals surface area contributed by atoms with Crippen molar-refractivity contribution in [3.05, 3.63) is 82.7 Å². The van der Waals surface area contributed by atoms with Crippen LogP contribution in [0.15, 0.2) is 65.3 Å². The largest absolute Gasteiger partial charge is 0.490 e. The number of anilines is 1. The van der Waals surface area contributed by atoms with Gasteiger partial charge in [-0.3, -0.25) is 19.0 Å². The number of aromatic nitrogens is 3. The Morgan fingerprint density at radius 3 is 2.90 bits per heavy atom. The van der Waals surface area contributed by atoms with Crippen molar-refractivity contribution in [3.63, 3.8) is 0 Å². The zero-order valence-electron chi connectivity index (χ0n) is 27.8. The molecule has 2 aliphatic heterocycles. The molecule has 2 amide bonds. The second-order valence-electron chi connectivity index (χ2n) is 13.7. The van der Waals surface area contributed by atoms with Crippen LogP contribution in [0.3, 0.4) is 0 Å². The van der Waals surface area contributed by atoms with Crippen molar-refractivity contribution in [2.75, 3.05) is 37.5 Å². The summed E-state index contributed by atoms with van der Waals surface area (Å²) < 4.78 is 35.1. The van der Waals surface area contributed by atoms with Gasteiger partial charge in [0.2, 0.25) is 5.91 Å². The molecule has 4 aliphatic rings. The molecule has 7 rings (SSSR count). The number of aryl methyl sites for hydroxylation is 2. The molecule has 1 fully saturated rings. The molecule has 1 saturated carbocycles. The van der Waals surface area contributed by atoms with Gasteiger partial charge in [-0.15, -0.1) is 9.46 Å². The Morgan fingerprint density at radius 2 is 2.10 bits per heavy atom. The molecule has 260 valence electrons. The third-order valence-electron chi connectivity index (χ3n) is 10.6. The zero-order valence-corrected chi connectivity index (χ0v) is 29.3. The zero-order chi connectivity index (χ0) is 34.0. The van der Waals surface area contributed by atoms with Gasteiger partial charge in [0, 0.05) is 48.8 Å². The SMILES string of the molecule is CO[C@H]1/C=C\CCCS(=O)(NC(=O)CCn2ccnn2)=NC(=O)c2ccc3c(c2)N(C[C@@H]2CC[C@H]21)C[C@@]1(CCCc2cc(Cl)ccc21)CO3. The number of allylic oxidation sites excluding steroid dienone is 1. The van der Waals surface area contributed by atoms with Crippen molar-refractivity contribution in [3.8, 4) is 5.75 Å². The topological polar surface area (TPSA) is 128 Å². The number of carbonyl (C=O) groups is 2. The van der Waals surface area contributed by atoms with Crippen LogP contribution in [-0.4, -0.2) is 69.7 Å². The molecule has 1 N–H and O–H groups in total. The second-order valence-corrected chi connectivity index (χ2v) is 16.3. The third-order valence-corrected chi connectivity index (χ3v) is 12.7. The minimum atomic E-state index is -3.42. The molecule has 1 aromatic heterocycles. The highest BCUT2D eigenvalue weighted by molar-refractivity contribution is 7.92. The van der Waals surface area contributed by atoms with Gasteiger partial charge in [-0.1, -0.05) is 35.0 Å². The summed E-state index contributed by atoms with van der Waals surface area (Å²) in [5.74, 6) is 0.381. The average Bonchev–Trinajstić information content (AvgIpc) is 3.55. The Hall–Kier alpha value is -3.74. The summed E-state index contributed by atoms with van der Waals surface area (Å²) in [5.41, 5.74) is 3.41. The molecule has 0 saturated heterocycles. The van der Waals surface area contributed by atoms with E-state index in [2.05, 4.69) is 48.6 Å². The Labute approximate surface area is 292 Å². The van der Waals surface area contributed by atoms with E-state index in [0.717, 1.165) is 55.9 Å². The molecular weight excluding hydrogens is 664 g/mol. The molecule has 1 spiro atoms. The van der Waals surface area contributed by atoms with E-state index < -0.39 is 21.7 Å². The van der Waals surface area contributed by atoms with Crippen LogP contribution in [0.25, 0.3) is 0 Å². The quantitative estimate of drug-likeness (QED) is 0.344. The first-order chi connectivity index (χ1) is 23.7. The number of ether oxygens (including phenoxy) is 2. The number of halogens is 1. The normalized spacial score (nSPS) is 29.0. The molecule has 13 heteroatoms. The van der Waals surface area contributed by atoms with Crippen LogP contribution in [-0.2, 0) is 37.8 Å². The molecule has 3 heterocycles. The van der Waals surface area contributed by atoms with Crippen LogP contribution in [0.1, 0.15) is 66.4 Å². The van der Waals surface area contributed by atoms with Crippen molar-refractivity contribution >= 4 is 39.0 Å². The van der Waals surface area contributed by atoms with E-state index in [0.29, 0.717) is 42.6 Å². The molecular formula is C36H43ClN6O5S. The summed E-state index contributed by atoms with van der Waals surface area (Å²) in [7, 11) is -1.67. The van der Waals surface area contributed by atoms with Crippen LogP contribution in [0.5, 0.6) is 5.75 Å². The number of amides is 2. The predicted molar refractivity (Wildman–Crippen MR) is 188 cm³/mol. The fourth-order valence-electron chi connectivity index (χ4n) is 7.91. The number of nitrogens with zero attached hydrogens (tertiary/aromatic N) is 5. The summed E-state index contributed by atoms with van der Waals surface area (Å²) >= 11 is 6.44. The Kier molecular flexibility index (Phi) is 9.81. The minimum absolute atomic E-state index is 0.0181. The number of hydrogen-bond donors (Lipinski definition) is 1. The summed E-state index contributed by atoms with van der Waals surface area (Å²) in [4.78, 5) is 29.1. The molecule has 0 radical (unpaired) electrons. The van der Waals surface area contributed by atoms with Crippen molar-refractivity contribution in [2.24, 2.45) is 16.2 Å². The molecule has 49 heavy (non-hydrogen) atoms. The van der Waals surface area contributed by atoms with E-state index in [9.17, 15) is 13.8 Å². The van der Waals surface area contributed by atoms with Crippen LogP contribution in [0, 0.1) is 11.8 Å². The van der Waals surface area contributed by atoms with Gasteiger partial charge < -0.3 is 14.4 Å². The second kappa shape index (κ2) is 14.2. The summed E-state index contributed by atoms with van der Waals surface area (Å²) in [6.45, 7) is 2.28. The van der Waals surface area contributed by atoms with Crippen molar-refractivity contribution in [1.29, 1.82) is 0 Å². The third kappa shape index (κ3) is 7.27. The van der Waals surface area contributed by atoms with E-state index in [1.807, 2.05) is 18.2 Å². The van der Waals surface area contributed by atoms with E-state index in [4.69, 9.17) is 21.1 Å². The maximum atomic E-state index is 14.2. The maximum absolute atomic E-state index is 14.2. The van der Waals surface area contributed by atoms with Gasteiger partial charge in [0.15, 0.2) is 0 Å². The van der Waals surface area contributed by atoms with Gasteiger partial charge in [-0.25, -0.2) is 4.21 Å². The first kappa shape index (κ1) is 33.7. The van der Waals surface area contributed by atoms with Crippen LogP contribution >= 0.6 is 11.6 Å². The lowest BCUT2D eigenvalue weighted by Gasteiger charge is -2.46. The van der Waals surface area contributed by atoms with E-state index in [1.54, 1.807) is 19.4 Å². The molecule has 2 aromatic carbocycles. The van der Waals surface area contributed by atoms with Gasteiger partial charge in [0.1, 0.15) is 15.7 Å². The molecule has 2 bridgehead atoms. The predicted octanol–water partition coefficient (Wildman–Crippen LogP) is 5.53. The first-order valence-electron chi connectivity index (χ1n) is 17.2. The molecule has 2 aliphatic carbocycles. The number of hydrogen-bond acceptors (Lipinski definition) is 8. The molecule has 11 nitrogen and oxygen atoms in total. The average molecular weight is 707 g/mol. The number of benzene rings is 2. The maximum Gasteiger partial charge on any atom is 0.286 e. The summed E-state index contributed by atoms with van der Waals surface area (Å²) in [5, 5.41) is 8.38. The van der Waals surface area contributed by atoms with Crippen molar-refractivity contribution in [2.45, 2.75) is 69.4 Å². The van der Waals surface area contributed by atoms with Gasteiger partial charge >= 0.3 is 0 Å². The molecule has 5 atom stereocenters. The molecule has 1 unspecified atom stereocenters. The van der Waals surface area contributed by atoms with Gasteiger partial charge in [0.25, 0.3) is 5.91 Å². The Morgan fingerprint density at radius 1 is 1.20 bits per heavy atom. The summed E-state index contributed by atoms with van der Waals surface area (Å²) in [6, 6.07) is 11.6. The highest BCUT2D eigenvalue weighted by Crippen LogP contribution is 2.47. The number of nitrogens with one attached hydrogen (secondary N) is 1. The fourth-order valence-corrected chi connectivity index (χ4v) is 9.73. The van der Waals surface area contributed by atoms with Crippen molar-refractivity contribution in [1.82, 2.24) is 19.7 Å². The van der Waals surface area contributed by atoms with Crippen LogP contribution in [0.4, 0.5) is 5.69 Å². The molecule has 3 aromatic rings. The van der Waals surface area contributed by atoms with Gasteiger partial charge in [-0.2, -0.15) is 0 Å². The lowest BCUT2D eigenvalue weighted by atomic mass is 9.68. The monoisotopic (exact) mass is 706 g/mol. The van der Waals surface area contributed by atoms with Crippen LogP contribution < -0.4 is 14.4 Å². The number of methoxy groups -OCH3 is 1. The van der Waals surface area contributed by atoms with Gasteiger partial charge in [0.05, 0.1) is 36.9 Å². The fraction of sp³-hybridized carbons (Fsp3) is 0.500. The standard InChI is InChI=1S/C36H43ClN6O5S/c1-47-32-7-3-2-4-19-49(46,39-34(44)14-17-43-18-16-38-41-43)40-35(45)26-9-13-33-31(21-26)42(22-27-8-11-29(27)32)23-36(24-48-33)15-5-6-25-20-28(37)10-12-30(25)36/h3,7,9-10,12-13,16,18,20-21,27,29,32H,2,4-6,8,11,14-15,17,19,22-24H2,1H3,(H,39,40,44,45,46)/b7-3-/t27-,29+,32-,36-,49?/m0/s1. The van der Waals surface area contributed by atoms with Crippen LogP contribution in [0.2, 0.25) is 5.02 Å². The van der Waals surface area contributed by atoms with E-state index in [-0.39, 0.29) is 30.2 Å². The first-order valence-corrected chi connectivity index (χ1v) is 19.2. The number of carbonyl (C=O) groups excluding carboxylic acids is 2. The lowest BCUT2D eigenvalue weighted by Crippen LogP contribution is -2.49. The van der Waals surface area contributed by atoms with Gasteiger partial charge in [-0.05, 0) is 98.2 Å². The highest BCUT2D eigenvalue weighted by atomic mass is 35.5. The lowest BCUT2D eigenvalue weighted by molar-refractivity contribution is -0.119. The number of fused-ring (bicyclic) bond motifs is 4. The highest BCUT2D eigenvalue weighted by Gasteiger charge is 2.44.